The Labute approximate surface area is 131 Å². The van der Waals surface area contributed by atoms with Gasteiger partial charge in [-0.1, -0.05) is 13.0 Å². The predicted molar refractivity (Wildman–Crippen MR) is 87.7 cm³/mol. The van der Waals surface area contributed by atoms with Crippen molar-refractivity contribution in [3.8, 4) is 0 Å². The molecular weight excluding hydrogens is 292 g/mol. The summed E-state index contributed by atoms with van der Waals surface area (Å²) in [6, 6.07) is 4.17. The summed E-state index contributed by atoms with van der Waals surface area (Å²) in [5, 5.41) is 8.54. The summed E-state index contributed by atoms with van der Waals surface area (Å²) >= 11 is 1.75. The molecule has 1 aromatic rings. The van der Waals surface area contributed by atoms with Gasteiger partial charge in [0, 0.05) is 17.8 Å². The average molecular weight is 317 g/mol. The number of hydrogen-bond donors (Lipinski definition) is 2. The smallest absolute Gasteiger partial charge is 0.220 e. The van der Waals surface area contributed by atoms with Crippen molar-refractivity contribution in [2.24, 2.45) is 11.8 Å². The van der Waals surface area contributed by atoms with Crippen LogP contribution < -0.4 is 10.6 Å². The molecule has 0 spiro atoms. The van der Waals surface area contributed by atoms with E-state index in [9.17, 15) is 4.79 Å². The highest BCUT2D eigenvalue weighted by Gasteiger charge is 2.21. The van der Waals surface area contributed by atoms with Crippen LogP contribution in [-0.4, -0.2) is 25.5 Å². The molecule has 2 N–H and O–H groups in total. The Morgan fingerprint density at radius 1 is 1.60 bits per heavy atom. The summed E-state index contributed by atoms with van der Waals surface area (Å²) in [7, 11) is 0. The standard InChI is InChI=1S/C15H24N2OS.ClH/c1-12(13-4-2-7-16-11-13)10-15(18)17-8-6-14-5-3-9-19-14;/h3,5,9,12-13,16H,2,4,6-8,10-11H2,1H3,(H,17,18);1H. The molecule has 0 saturated carbocycles. The van der Waals surface area contributed by atoms with E-state index in [0.29, 0.717) is 18.3 Å². The zero-order valence-electron chi connectivity index (χ0n) is 12.1. The molecule has 1 aliphatic heterocycles. The Balaban J connectivity index is 0.00000200. The molecule has 1 saturated heterocycles. The highest BCUT2D eigenvalue weighted by molar-refractivity contribution is 7.09. The van der Waals surface area contributed by atoms with Crippen molar-refractivity contribution in [3.05, 3.63) is 22.4 Å². The number of piperidine rings is 1. The largest absolute Gasteiger partial charge is 0.356 e. The molecule has 0 bridgehead atoms. The van der Waals surface area contributed by atoms with Crippen LogP contribution in [0.2, 0.25) is 0 Å². The first kappa shape index (κ1) is 17.5. The van der Waals surface area contributed by atoms with Gasteiger partial charge in [-0.05, 0) is 55.6 Å². The zero-order chi connectivity index (χ0) is 13.5. The van der Waals surface area contributed by atoms with E-state index in [0.717, 1.165) is 26.1 Å². The van der Waals surface area contributed by atoms with Crippen LogP contribution in [0.25, 0.3) is 0 Å². The molecule has 3 nitrogen and oxygen atoms in total. The molecule has 0 aromatic carbocycles. The monoisotopic (exact) mass is 316 g/mol. The summed E-state index contributed by atoms with van der Waals surface area (Å²) in [4.78, 5) is 13.2. The number of nitrogens with one attached hydrogen (secondary N) is 2. The highest BCUT2D eigenvalue weighted by Crippen LogP contribution is 2.22. The molecule has 0 radical (unpaired) electrons. The summed E-state index contributed by atoms with van der Waals surface area (Å²) < 4.78 is 0. The first-order chi connectivity index (χ1) is 9.25. The van der Waals surface area contributed by atoms with E-state index in [4.69, 9.17) is 0 Å². The van der Waals surface area contributed by atoms with Gasteiger partial charge in [0.05, 0.1) is 0 Å². The van der Waals surface area contributed by atoms with Gasteiger partial charge in [-0.25, -0.2) is 0 Å². The highest BCUT2D eigenvalue weighted by atomic mass is 35.5. The van der Waals surface area contributed by atoms with E-state index >= 15 is 0 Å². The number of carbonyl (C=O) groups is 1. The van der Waals surface area contributed by atoms with Crippen LogP contribution in [0, 0.1) is 11.8 Å². The quantitative estimate of drug-likeness (QED) is 0.847. The summed E-state index contributed by atoms with van der Waals surface area (Å²) in [5.41, 5.74) is 0. The number of halogens is 1. The Kier molecular flexibility index (Phi) is 8.19. The second-order valence-corrected chi connectivity index (χ2v) is 6.50. The number of hydrogen-bond acceptors (Lipinski definition) is 3. The maximum absolute atomic E-state index is 11.9. The summed E-state index contributed by atoms with van der Waals surface area (Å²) in [6.45, 7) is 5.17. The van der Waals surface area contributed by atoms with E-state index < -0.39 is 0 Å². The molecule has 2 heterocycles. The van der Waals surface area contributed by atoms with Crippen molar-refractivity contribution in [1.82, 2.24) is 10.6 Å². The van der Waals surface area contributed by atoms with Crippen LogP contribution in [0.3, 0.4) is 0 Å². The number of thiophene rings is 1. The maximum atomic E-state index is 11.9. The first-order valence-electron chi connectivity index (χ1n) is 7.25. The molecule has 114 valence electrons. The van der Waals surface area contributed by atoms with E-state index in [1.165, 1.54) is 17.7 Å². The fourth-order valence-electron chi connectivity index (χ4n) is 2.68. The molecule has 2 atom stereocenters. The molecule has 5 heteroatoms. The molecule has 20 heavy (non-hydrogen) atoms. The maximum Gasteiger partial charge on any atom is 0.220 e. The average Bonchev–Trinajstić information content (AvgIpc) is 2.93. The van der Waals surface area contributed by atoms with Gasteiger partial charge in [-0.2, -0.15) is 0 Å². The van der Waals surface area contributed by atoms with Crippen molar-refractivity contribution < 1.29 is 4.79 Å². The Morgan fingerprint density at radius 2 is 2.45 bits per heavy atom. The molecular formula is C15H25ClN2OS. The van der Waals surface area contributed by atoms with E-state index in [2.05, 4.69) is 35.1 Å². The minimum atomic E-state index is 0. The zero-order valence-corrected chi connectivity index (χ0v) is 13.7. The van der Waals surface area contributed by atoms with Crippen LogP contribution >= 0.6 is 23.7 Å². The number of carbonyl (C=O) groups excluding carboxylic acids is 1. The van der Waals surface area contributed by atoms with Crippen LogP contribution in [0.4, 0.5) is 0 Å². The van der Waals surface area contributed by atoms with Crippen LogP contribution in [0.15, 0.2) is 17.5 Å². The van der Waals surface area contributed by atoms with Crippen LogP contribution in [-0.2, 0) is 11.2 Å². The Bertz CT molecular complexity index is 377. The SMILES string of the molecule is CC(CC(=O)NCCc1cccs1)C1CCCNC1.Cl. The number of rotatable bonds is 6. The number of amides is 1. The molecule has 2 unspecified atom stereocenters. The minimum absolute atomic E-state index is 0. The fraction of sp³-hybridized carbons (Fsp3) is 0.667. The lowest BCUT2D eigenvalue weighted by atomic mass is 9.85. The second kappa shape index (κ2) is 9.37. The normalized spacial score (nSPS) is 19.9. The van der Waals surface area contributed by atoms with Gasteiger partial charge in [0.25, 0.3) is 0 Å². The molecule has 0 aliphatic carbocycles. The van der Waals surface area contributed by atoms with Crippen molar-refractivity contribution in [2.75, 3.05) is 19.6 Å². The van der Waals surface area contributed by atoms with E-state index in [1.807, 2.05) is 0 Å². The van der Waals surface area contributed by atoms with Gasteiger partial charge >= 0.3 is 0 Å². The molecule has 1 fully saturated rings. The van der Waals surface area contributed by atoms with Gasteiger partial charge in [0.2, 0.25) is 5.91 Å². The van der Waals surface area contributed by atoms with Gasteiger partial charge < -0.3 is 10.6 Å². The van der Waals surface area contributed by atoms with Crippen molar-refractivity contribution >= 4 is 29.7 Å². The minimum Gasteiger partial charge on any atom is -0.356 e. The molecule has 2 rings (SSSR count). The third kappa shape index (κ3) is 5.81. The van der Waals surface area contributed by atoms with E-state index in [1.54, 1.807) is 11.3 Å². The van der Waals surface area contributed by atoms with Gasteiger partial charge in [-0.15, -0.1) is 23.7 Å². The van der Waals surface area contributed by atoms with Crippen molar-refractivity contribution in [1.29, 1.82) is 0 Å². The van der Waals surface area contributed by atoms with Crippen LogP contribution in [0.5, 0.6) is 0 Å². The first-order valence-corrected chi connectivity index (χ1v) is 8.13. The van der Waals surface area contributed by atoms with Gasteiger partial charge in [0.1, 0.15) is 0 Å². The van der Waals surface area contributed by atoms with Gasteiger partial charge in [0.15, 0.2) is 0 Å². The van der Waals surface area contributed by atoms with Crippen LogP contribution in [0.1, 0.15) is 31.1 Å². The predicted octanol–water partition coefficient (Wildman–Crippen LogP) is 2.85. The third-order valence-corrected chi connectivity index (χ3v) is 4.86. The fourth-order valence-corrected chi connectivity index (χ4v) is 3.38. The summed E-state index contributed by atoms with van der Waals surface area (Å²) in [6.07, 6.45) is 4.12. The Morgan fingerprint density at radius 3 is 3.10 bits per heavy atom. The van der Waals surface area contributed by atoms with Crippen molar-refractivity contribution in [3.63, 3.8) is 0 Å². The van der Waals surface area contributed by atoms with E-state index in [-0.39, 0.29) is 18.3 Å². The molecule has 1 amide bonds. The third-order valence-electron chi connectivity index (χ3n) is 3.92. The van der Waals surface area contributed by atoms with Gasteiger partial charge in [-0.3, -0.25) is 4.79 Å². The Hall–Kier alpha value is -0.580. The lowest BCUT2D eigenvalue weighted by molar-refractivity contribution is -0.122. The lowest BCUT2D eigenvalue weighted by Gasteiger charge is -2.28. The summed E-state index contributed by atoms with van der Waals surface area (Å²) in [5.74, 6) is 1.35. The molecule has 1 aliphatic rings. The van der Waals surface area contributed by atoms with Crippen molar-refractivity contribution in [2.45, 2.75) is 32.6 Å². The lowest BCUT2D eigenvalue weighted by Crippen LogP contribution is -2.35. The topological polar surface area (TPSA) is 41.1 Å². The molecule has 1 aromatic heterocycles. The second-order valence-electron chi connectivity index (χ2n) is 5.47.